The van der Waals surface area contributed by atoms with Crippen molar-refractivity contribution in [3.8, 4) is 0 Å². The maximum absolute atomic E-state index is 12.2. The number of carbonyl (C=O) groups is 2. The summed E-state index contributed by atoms with van der Waals surface area (Å²) in [6.07, 6.45) is 8.02. The van der Waals surface area contributed by atoms with E-state index in [1.807, 2.05) is 6.08 Å². The molecule has 0 aliphatic heterocycles. The van der Waals surface area contributed by atoms with Crippen molar-refractivity contribution in [3.63, 3.8) is 0 Å². The van der Waals surface area contributed by atoms with Crippen molar-refractivity contribution in [1.82, 2.24) is 0 Å². The minimum atomic E-state index is -0.535. The second-order valence-corrected chi connectivity index (χ2v) is 9.34. The molecule has 3 saturated carbocycles. The molecule has 1 N–H and O–H groups in total. The third-order valence-corrected chi connectivity index (χ3v) is 8.56. The zero-order valence-electron chi connectivity index (χ0n) is 15.2. The smallest absolute Gasteiger partial charge is 0.158 e. The van der Waals surface area contributed by atoms with Crippen LogP contribution in [0.3, 0.4) is 0 Å². The lowest BCUT2D eigenvalue weighted by Crippen LogP contribution is -2.55. The van der Waals surface area contributed by atoms with E-state index in [0.717, 1.165) is 38.5 Å². The van der Waals surface area contributed by atoms with Crippen LogP contribution in [-0.2, 0) is 9.59 Å². The maximum Gasteiger partial charge on any atom is 0.158 e. The summed E-state index contributed by atoms with van der Waals surface area (Å²) < 4.78 is 0. The average Bonchev–Trinajstić information content (AvgIpc) is 2.86. The summed E-state index contributed by atoms with van der Waals surface area (Å²) in [4.78, 5) is 24.1. The van der Waals surface area contributed by atoms with E-state index in [0.29, 0.717) is 23.5 Å². The molecule has 0 amide bonds. The molecule has 0 aromatic carbocycles. The lowest BCUT2D eigenvalue weighted by atomic mass is 9.46. The predicted molar refractivity (Wildman–Crippen MR) is 92.3 cm³/mol. The minimum Gasteiger partial charge on any atom is -0.392 e. The van der Waals surface area contributed by atoms with Gasteiger partial charge < -0.3 is 5.11 Å². The van der Waals surface area contributed by atoms with Crippen molar-refractivity contribution < 1.29 is 14.7 Å². The van der Waals surface area contributed by atoms with Gasteiger partial charge in [-0.25, -0.2) is 0 Å². The van der Waals surface area contributed by atoms with Crippen LogP contribution in [0.5, 0.6) is 0 Å². The summed E-state index contributed by atoms with van der Waals surface area (Å²) in [5.74, 6) is 2.35. The quantitative estimate of drug-likeness (QED) is 0.797. The summed E-state index contributed by atoms with van der Waals surface area (Å²) in [6.45, 7) is 6.32. The third-order valence-electron chi connectivity index (χ3n) is 8.56. The van der Waals surface area contributed by atoms with Crippen LogP contribution in [-0.4, -0.2) is 22.8 Å². The Morgan fingerprint density at radius 1 is 1.17 bits per heavy atom. The van der Waals surface area contributed by atoms with Crippen LogP contribution in [0.4, 0.5) is 0 Å². The molecule has 24 heavy (non-hydrogen) atoms. The van der Waals surface area contributed by atoms with E-state index < -0.39 is 6.10 Å². The van der Waals surface area contributed by atoms with Crippen molar-refractivity contribution in [2.24, 2.45) is 34.5 Å². The topological polar surface area (TPSA) is 54.4 Å². The molecule has 0 saturated heterocycles. The largest absolute Gasteiger partial charge is 0.392 e. The molecule has 7 atom stereocenters. The highest BCUT2D eigenvalue weighted by atomic mass is 16.3. The first kappa shape index (κ1) is 16.5. The number of hydrogen-bond donors (Lipinski definition) is 1. The van der Waals surface area contributed by atoms with Gasteiger partial charge >= 0.3 is 0 Å². The van der Waals surface area contributed by atoms with Gasteiger partial charge in [-0.1, -0.05) is 19.4 Å². The Kier molecular flexibility index (Phi) is 3.62. The molecule has 4 aliphatic carbocycles. The second-order valence-electron chi connectivity index (χ2n) is 9.34. The monoisotopic (exact) mass is 330 g/mol. The van der Waals surface area contributed by atoms with Crippen LogP contribution in [0, 0.1) is 34.5 Å². The Morgan fingerprint density at radius 3 is 2.62 bits per heavy atom. The lowest BCUT2D eigenvalue weighted by Gasteiger charge is -2.59. The molecule has 0 heterocycles. The molecule has 4 rings (SSSR count). The molecule has 0 bridgehead atoms. The van der Waals surface area contributed by atoms with Crippen LogP contribution in [0.2, 0.25) is 0 Å². The van der Waals surface area contributed by atoms with E-state index in [1.165, 1.54) is 5.57 Å². The van der Waals surface area contributed by atoms with E-state index in [1.54, 1.807) is 6.92 Å². The summed E-state index contributed by atoms with van der Waals surface area (Å²) in [7, 11) is 0. The van der Waals surface area contributed by atoms with Gasteiger partial charge in [0.15, 0.2) is 5.78 Å². The van der Waals surface area contributed by atoms with Crippen LogP contribution in [0.15, 0.2) is 11.6 Å². The molecule has 3 heteroatoms. The Labute approximate surface area is 144 Å². The number of carbonyl (C=O) groups excluding carboxylic acids is 2. The van der Waals surface area contributed by atoms with Gasteiger partial charge in [-0.05, 0) is 74.7 Å². The average molecular weight is 330 g/mol. The number of Topliss-reactive ketones (excluding diaryl/α,β-unsaturated/α-hetero) is 1. The van der Waals surface area contributed by atoms with Crippen molar-refractivity contribution in [3.05, 3.63) is 11.6 Å². The zero-order valence-corrected chi connectivity index (χ0v) is 15.2. The lowest BCUT2D eigenvalue weighted by molar-refractivity contribution is -0.134. The Morgan fingerprint density at radius 2 is 1.92 bits per heavy atom. The highest BCUT2D eigenvalue weighted by Crippen LogP contribution is 2.66. The molecule has 0 spiro atoms. The third kappa shape index (κ3) is 2.00. The number of fused-ring (bicyclic) bond motifs is 5. The summed E-state index contributed by atoms with van der Waals surface area (Å²) in [5, 5.41) is 10.8. The van der Waals surface area contributed by atoms with Crippen molar-refractivity contribution >= 4 is 11.6 Å². The number of hydrogen-bond acceptors (Lipinski definition) is 3. The van der Waals surface area contributed by atoms with Gasteiger partial charge in [-0.15, -0.1) is 0 Å². The van der Waals surface area contributed by atoms with Gasteiger partial charge in [0.2, 0.25) is 0 Å². The molecule has 3 fully saturated rings. The standard InChI is InChI=1S/C21H30O3/c1-12(22)16-6-7-17-15-5-4-13-10-14(23)11-19(24)21(13,3)18(15)8-9-20(16,17)2/h10,15-19,24H,4-9,11H2,1-3H3. The maximum atomic E-state index is 12.2. The van der Waals surface area contributed by atoms with Crippen molar-refractivity contribution in [2.75, 3.05) is 0 Å². The van der Waals surface area contributed by atoms with E-state index in [9.17, 15) is 14.7 Å². The zero-order chi connectivity index (χ0) is 17.3. The normalized spacial score (nSPS) is 50.6. The fourth-order valence-corrected chi connectivity index (χ4v) is 7.28. The molecule has 0 aromatic rings. The molecule has 4 aliphatic rings. The Hall–Kier alpha value is -0.960. The Bertz CT molecular complexity index is 621. The highest BCUT2D eigenvalue weighted by Gasteiger charge is 2.61. The summed E-state index contributed by atoms with van der Waals surface area (Å²) in [6, 6.07) is 0. The fraction of sp³-hybridized carbons (Fsp3) is 0.810. The van der Waals surface area contributed by atoms with E-state index in [-0.39, 0.29) is 29.0 Å². The van der Waals surface area contributed by atoms with Gasteiger partial charge in [-0.3, -0.25) is 9.59 Å². The van der Waals surface area contributed by atoms with Gasteiger partial charge in [0, 0.05) is 17.8 Å². The first-order valence-electron chi connectivity index (χ1n) is 9.71. The van der Waals surface area contributed by atoms with Crippen LogP contribution < -0.4 is 0 Å². The number of aliphatic hydroxyl groups excluding tert-OH is 1. The molecular formula is C21H30O3. The van der Waals surface area contributed by atoms with Gasteiger partial charge in [0.05, 0.1) is 6.10 Å². The summed E-state index contributed by atoms with van der Waals surface area (Å²) >= 11 is 0. The van der Waals surface area contributed by atoms with E-state index in [2.05, 4.69) is 13.8 Å². The molecular weight excluding hydrogens is 300 g/mol. The fourth-order valence-electron chi connectivity index (χ4n) is 7.28. The first-order chi connectivity index (χ1) is 11.3. The van der Waals surface area contributed by atoms with E-state index >= 15 is 0 Å². The molecule has 7 unspecified atom stereocenters. The predicted octanol–water partition coefficient (Wildman–Crippen LogP) is 3.69. The summed E-state index contributed by atoms with van der Waals surface area (Å²) in [5.41, 5.74) is 1.11. The van der Waals surface area contributed by atoms with Gasteiger partial charge in [-0.2, -0.15) is 0 Å². The van der Waals surface area contributed by atoms with Crippen molar-refractivity contribution in [1.29, 1.82) is 0 Å². The molecule has 132 valence electrons. The highest BCUT2D eigenvalue weighted by molar-refractivity contribution is 5.92. The second kappa shape index (κ2) is 5.27. The van der Waals surface area contributed by atoms with Gasteiger partial charge in [0.1, 0.15) is 5.78 Å². The molecule has 0 aromatic heterocycles. The minimum absolute atomic E-state index is 0.0894. The van der Waals surface area contributed by atoms with E-state index in [4.69, 9.17) is 0 Å². The van der Waals surface area contributed by atoms with Crippen LogP contribution in [0.25, 0.3) is 0 Å². The molecule has 0 radical (unpaired) electrons. The number of aliphatic hydroxyl groups is 1. The Balaban J connectivity index is 1.70. The van der Waals surface area contributed by atoms with Crippen LogP contribution >= 0.6 is 0 Å². The SMILES string of the molecule is CC(=O)C1CCC2C3CCC4=CC(=O)CC(O)C4(C)C3CCC12C. The van der Waals surface area contributed by atoms with Crippen molar-refractivity contribution in [2.45, 2.75) is 71.8 Å². The van der Waals surface area contributed by atoms with Gasteiger partial charge in [0.25, 0.3) is 0 Å². The van der Waals surface area contributed by atoms with Crippen LogP contribution in [0.1, 0.15) is 65.7 Å². The molecule has 3 nitrogen and oxygen atoms in total. The number of rotatable bonds is 1. The number of ketones is 2. The first-order valence-corrected chi connectivity index (χ1v) is 9.71.